The van der Waals surface area contributed by atoms with Gasteiger partial charge in [0.05, 0.1) is 6.10 Å². The lowest BCUT2D eigenvalue weighted by atomic mass is 9.78. The highest BCUT2D eigenvalue weighted by molar-refractivity contribution is 7.94. The smallest absolute Gasteiger partial charge is 0.171 e. The molecule has 4 nitrogen and oxygen atoms in total. The third kappa shape index (κ3) is 4.86. The average molecular weight is 370 g/mol. The fraction of sp³-hybridized carbons (Fsp3) is 0.900. The van der Waals surface area contributed by atoms with Crippen LogP contribution in [-0.4, -0.2) is 51.4 Å². The molecule has 1 atom stereocenters. The summed E-state index contributed by atoms with van der Waals surface area (Å²) in [6.07, 6.45) is 14.2. The number of hydrogen-bond acceptors (Lipinski definition) is 4. The van der Waals surface area contributed by atoms with E-state index in [0.717, 1.165) is 56.7 Å². The van der Waals surface area contributed by atoms with Crippen LogP contribution >= 0.6 is 0 Å². The Morgan fingerprint density at radius 3 is 2.36 bits per heavy atom. The maximum absolute atomic E-state index is 12.1. The van der Waals surface area contributed by atoms with Crippen molar-refractivity contribution in [3.63, 3.8) is 0 Å². The van der Waals surface area contributed by atoms with Gasteiger partial charge in [0.25, 0.3) is 0 Å². The number of ether oxygens (including phenoxy) is 1. The van der Waals surface area contributed by atoms with Crippen LogP contribution in [0.4, 0.5) is 0 Å². The zero-order chi connectivity index (χ0) is 17.9. The van der Waals surface area contributed by atoms with E-state index in [9.17, 15) is 8.42 Å². The van der Waals surface area contributed by atoms with Gasteiger partial charge in [-0.15, -0.1) is 0 Å². The zero-order valence-corrected chi connectivity index (χ0v) is 16.8. The number of nitrogens with zero attached hydrogens (tertiary/aromatic N) is 1. The number of rotatable bonds is 5. The monoisotopic (exact) mass is 369 g/mol. The number of sulfone groups is 1. The topological polar surface area (TPSA) is 46.6 Å². The van der Waals surface area contributed by atoms with Crippen molar-refractivity contribution in [1.29, 1.82) is 0 Å². The van der Waals surface area contributed by atoms with Crippen LogP contribution < -0.4 is 0 Å². The van der Waals surface area contributed by atoms with Gasteiger partial charge in [-0.05, 0) is 89.6 Å². The second-order valence-electron chi connectivity index (χ2n) is 8.18. The molecule has 25 heavy (non-hydrogen) atoms. The largest absolute Gasteiger partial charge is 0.379 e. The van der Waals surface area contributed by atoms with Gasteiger partial charge in [0, 0.05) is 23.8 Å². The molecule has 0 spiro atoms. The van der Waals surface area contributed by atoms with Crippen molar-refractivity contribution in [3.8, 4) is 0 Å². The molecule has 1 saturated heterocycles. The van der Waals surface area contributed by atoms with E-state index in [1.165, 1.54) is 31.9 Å². The Hall–Kier alpha value is -0.390. The molecule has 0 aromatic carbocycles. The first-order chi connectivity index (χ1) is 12.0. The van der Waals surface area contributed by atoms with Crippen LogP contribution in [0.2, 0.25) is 0 Å². The van der Waals surface area contributed by atoms with Crippen molar-refractivity contribution >= 4 is 9.84 Å². The first-order valence-corrected chi connectivity index (χ1v) is 12.1. The van der Waals surface area contributed by atoms with Gasteiger partial charge in [-0.2, -0.15) is 0 Å². The maximum atomic E-state index is 12.1. The minimum atomic E-state index is -3.04. The second kappa shape index (κ2) is 8.53. The number of likely N-dealkylation sites (tertiary alicyclic amines) is 1. The van der Waals surface area contributed by atoms with Gasteiger partial charge >= 0.3 is 0 Å². The zero-order valence-electron chi connectivity index (χ0n) is 16.0. The van der Waals surface area contributed by atoms with Crippen molar-refractivity contribution < 1.29 is 13.2 Å². The van der Waals surface area contributed by atoms with Crippen LogP contribution in [0.3, 0.4) is 0 Å². The molecule has 0 radical (unpaired) electrons. The third-order valence-electron chi connectivity index (χ3n) is 6.56. The molecule has 2 fully saturated rings. The van der Waals surface area contributed by atoms with Crippen molar-refractivity contribution in [1.82, 2.24) is 4.90 Å². The van der Waals surface area contributed by atoms with E-state index in [1.807, 2.05) is 6.08 Å². The van der Waals surface area contributed by atoms with Gasteiger partial charge in [0.15, 0.2) is 9.84 Å². The summed E-state index contributed by atoms with van der Waals surface area (Å²) in [6.45, 7) is 5.20. The molecule has 0 aromatic rings. The predicted molar refractivity (Wildman–Crippen MR) is 102 cm³/mol. The maximum Gasteiger partial charge on any atom is 0.171 e. The van der Waals surface area contributed by atoms with Crippen LogP contribution in [0.15, 0.2) is 11.0 Å². The number of allylic oxidation sites excluding steroid dienone is 2. The summed E-state index contributed by atoms with van der Waals surface area (Å²) >= 11 is 0. The van der Waals surface area contributed by atoms with Crippen molar-refractivity contribution in [2.45, 2.75) is 76.9 Å². The summed E-state index contributed by atoms with van der Waals surface area (Å²) in [6, 6.07) is 0.717. The Kier molecular flexibility index (Phi) is 6.61. The van der Waals surface area contributed by atoms with E-state index in [0.29, 0.717) is 18.1 Å². The number of hydrogen-bond donors (Lipinski definition) is 0. The fourth-order valence-corrected chi connectivity index (χ4v) is 6.55. The van der Waals surface area contributed by atoms with Gasteiger partial charge in [0.2, 0.25) is 0 Å². The van der Waals surface area contributed by atoms with Crippen LogP contribution in [-0.2, 0) is 14.6 Å². The highest BCUT2D eigenvalue weighted by Crippen LogP contribution is 2.39. The summed E-state index contributed by atoms with van der Waals surface area (Å²) in [5.41, 5.74) is 0. The Labute approximate surface area is 153 Å². The second-order valence-corrected chi connectivity index (χ2v) is 10.2. The number of piperidine rings is 1. The molecule has 3 aliphatic rings. The molecule has 1 saturated carbocycles. The lowest BCUT2D eigenvalue weighted by Gasteiger charge is -2.43. The highest BCUT2D eigenvalue weighted by atomic mass is 32.2. The summed E-state index contributed by atoms with van der Waals surface area (Å²) in [5.74, 6) is 0.830. The molecule has 0 amide bonds. The molecule has 0 aromatic heterocycles. The minimum Gasteiger partial charge on any atom is -0.379 e. The standard InChI is InChI=1S/C20H35NO3S/c1-3-24-18-10-8-17(9-11-18)21-14-12-16(13-15-21)19-6-4-5-7-20(19)25(2,22)23/h7,16-19H,3-6,8-15H2,1-2H3. The van der Waals surface area contributed by atoms with Crippen LogP contribution in [0, 0.1) is 11.8 Å². The van der Waals surface area contributed by atoms with Crippen LogP contribution in [0.25, 0.3) is 0 Å². The van der Waals surface area contributed by atoms with E-state index in [1.54, 1.807) is 0 Å². The highest BCUT2D eigenvalue weighted by Gasteiger charge is 2.35. The Balaban J connectivity index is 1.52. The Morgan fingerprint density at radius 2 is 1.76 bits per heavy atom. The van der Waals surface area contributed by atoms with Crippen LogP contribution in [0.1, 0.15) is 64.7 Å². The molecule has 2 aliphatic carbocycles. The molecule has 5 heteroatoms. The lowest BCUT2D eigenvalue weighted by molar-refractivity contribution is 0.00577. The minimum absolute atomic E-state index is 0.277. The van der Waals surface area contributed by atoms with Gasteiger partial charge < -0.3 is 9.64 Å². The van der Waals surface area contributed by atoms with E-state index in [4.69, 9.17) is 4.74 Å². The van der Waals surface area contributed by atoms with Crippen LogP contribution in [0.5, 0.6) is 0 Å². The Morgan fingerprint density at radius 1 is 1.08 bits per heavy atom. The first kappa shape index (κ1) is 19.4. The first-order valence-electron chi connectivity index (χ1n) is 10.2. The van der Waals surface area contributed by atoms with Gasteiger partial charge in [-0.3, -0.25) is 0 Å². The van der Waals surface area contributed by atoms with Crippen molar-refractivity contribution in [2.24, 2.45) is 11.8 Å². The summed E-state index contributed by atoms with van der Waals surface area (Å²) in [7, 11) is -3.04. The van der Waals surface area contributed by atoms with Crippen molar-refractivity contribution in [3.05, 3.63) is 11.0 Å². The molecule has 144 valence electrons. The van der Waals surface area contributed by atoms with Crippen molar-refractivity contribution in [2.75, 3.05) is 26.0 Å². The molecular formula is C20H35NO3S. The quantitative estimate of drug-likeness (QED) is 0.740. The summed E-state index contributed by atoms with van der Waals surface area (Å²) < 4.78 is 30.1. The van der Waals surface area contributed by atoms with E-state index in [-0.39, 0.29) is 5.92 Å². The third-order valence-corrected chi connectivity index (χ3v) is 7.89. The lowest BCUT2D eigenvalue weighted by Crippen LogP contribution is -2.45. The van der Waals surface area contributed by atoms with Gasteiger partial charge in [-0.25, -0.2) is 8.42 Å². The van der Waals surface area contributed by atoms with Gasteiger partial charge in [0.1, 0.15) is 0 Å². The SMILES string of the molecule is CCOC1CCC(N2CCC(C3CCCC=C3S(C)(=O)=O)CC2)CC1. The van der Waals surface area contributed by atoms with Gasteiger partial charge in [-0.1, -0.05) is 6.08 Å². The Bertz CT molecular complexity index is 555. The molecule has 1 aliphatic heterocycles. The van der Waals surface area contributed by atoms with E-state index >= 15 is 0 Å². The molecule has 3 rings (SSSR count). The molecule has 0 bridgehead atoms. The summed E-state index contributed by atoms with van der Waals surface area (Å²) in [4.78, 5) is 3.42. The molecule has 1 heterocycles. The fourth-order valence-electron chi connectivity index (χ4n) is 5.27. The predicted octanol–water partition coefficient (Wildman–Crippen LogP) is 3.77. The molecule has 0 N–H and O–H groups in total. The molecule has 1 unspecified atom stereocenters. The van der Waals surface area contributed by atoms with E-state index in [2.05, 4.69) is 11.8 Å². The average Bonchev–Trinajstić information content (AvgIpc) is 2.62. The molecular weight excluding hydrogens is 334 g/mol. The normalized spacial score (nSPS) is 33.2. The summed E-state index contributed by atoms with van der Waals surface area (Å²) in [5, 5.41) is 0. The van der Waals surface area contributed by atoms with E-state index < -0.39 is 9.84 Å².